The van der Waals surface area contributed by atoms with Gasteiger partial charge in [-0.2, -0.15) is 0 Å². The van der Waals surface area contributed by atoms with E-state index in [2.05, 4.69) is 0 Å². The third-order valence-corrected chi connectivity index (χ3v) is 5.89. The molecule has 1 fully saturated rings. The van der Waals surface area contributed by atoms with Crippen molar-refractivity contribution in [2.75, 3.05) is 6.54 Å². The molecule has 4 rings (SSSR count). The first-order chi connectivity index (χ1) is 14.0. The summed E-state index contributed by atoms with van der Waals surface area (Å²) in [6.07, 6.45) is 2.20. The second kappa shape index (κ2) is 8.49. The second-order valence-electron chi connectivity index (χ2n) is 6.40. The highest BCUT2D eigenvalue weighted by atomic mass is 35.5. The Balaban J connectivity index is 1.49. The van der Waals surface area contributed by atoms with Gasteiger partial charge in [-0.05, 0) is 54.1 Å². The molecule has 0 aliphatic carbocycles. The number of hydrogen-bond donors (Lipinski definition) is 0. The van der Waals surface area contributed by atoms with Crippen molar-refractivity contribution >= 4 is 52.2 Å². The van der Waals surface area contributed by atoms with Crippen molar-refractivity contribution in [3.05, 3.63) is 86.9 Å². The van der Waals surface area contributed by atoms with Gasteiger partial charge in [-0.15, -0.1) is 0 Å². The van der Waals surface area contributed by atoms with E-state index in [-0.39, 0.29) is 11.1 Å². The Morgan fingerprint density at radius 3 is 2.55 bits per heavy atom. The van der Waals surface area contributed by atoms with E-state index in [1.54, 1.807) is 36.4 Å². The van der Waals surface area contributed by atoms with Crippen molar-refractivity contribution in [2.45, 2.75) is 6.42 Å². The highest BCUT2D eigenvalue weighted by Gasteiger charge is 2.34. The normalized spacial score (nSPS) is 15.5. The van der Waals surface area contributed by atoms with Crippen LogP contribution in [0.15, 0.2) is 70.0 Å². The first kappa shape index (κ1) is 19.8. The van der Waals surface area contributed by atoms with E-state index in [9.17, 15) is 9.59 Å². The minimum Gasteiger partial charge on any atom is -0.457 e. The van der Waals surface area contributed by atoms with Crippen LogP contribution in [0, 0.1) is 0 Å². The SMILES string of the molecule is O=C1S/C(=C\c2ccc(-c3ccc(Cl)cc3Cl)o2)C(=O)N1CCc1ccccc1. The van der Waals surface area contributed by atoms with Crippen LogP contribution in [0.2, 0.25) is 10.0 Å². The van der Waals surface area contributed by atoms with Gasteiger partial charge < -0.3 is 4.42 Å². The molecule has 0 radical (unpaired) electrons. The molecule has 3 aromatic rings. The number of hydrogen-bond acceptors (Lipinski definition) is 4. The lowest BCUT2D eigenvalue weighted by Crippen LogP contribution is -2.30. The minimum atomic E-state index is -0.307. The molecule has 0 N–H and O–H groups in total. The van der Waals surface area contributed by atoms with Gasteiger partial charge >= 0.3 is 0 Å². The van der Waals surface area contributed by atoms with Crippen molar-refractivity contribution in [3.63, 3.8) is 0 Å². The quantitative estimate of drug-likeness (QED) is 0.420. The number of carbonyl (C=O) groups is 2. The molecule has 2 amide bonds. The summed E-state index contributed by atoms with van der Waals surface area (Å²) in [5.74, 6) is 0.721. The molecule has 2 heterocycles. The first-order valence-corrected chi connectivity index (χ1v) is 10.4. The van der Waals surface area contributed by atoms with Gasteiger partial charge in [-0.3, -0.25) is 14.5 Å². The maximum Gasteiger partial charge on any atom is 0.293 e. The zero-order valence-corrected chi connectivity index (χ0v) is 17.4. The largest absolute Gasteiger partial charge is 0.457 e. The Bertz CT molecular complexity index is 1110. The van der Waals surface area contributed by atoms with Gasteiger partial charge in [0.15, 0.2) is 0 Å². The molecule has 0 unspecified atom stereocenters. The van der Waals surface area contributed by atoms with Gasteiger partial charge in [0.05, 0.1) is 9.93 Å². The lowest BCUT2D eigenvalue weighted by Gasteiger charge is -2.11. The highest BCUT2D eigenvalue weighted by Crippen LogP contribution is 2.35. The number of imide groups is 1. The monoisotopic (exact) mass is 443 g/mol. The number of furan rings is 1. The van der Waals surface area contributed by atoms with E-state index in [0.717, 1.165) is 17.3 Å². The molecule has 1 saturated heterocycles. The Morgan fingerprint density at radius 1 is 1.00 bits per heavy atom. The summed E-state index contributed by atoms with van der Waals surface area (Å²) >= 11 is 13.1. The van der Waals surface area contributed by atoms with E-state index in [1.165, 1.54) is 4.90 Å². The Kier molecular flexibility index (Phi) is 5.81. The number of benzene rings is 2. The number of amides is 2. The zero-order chi connectivity index (χ0) is 20.4. The lowest BCUT2D eigenvalue weighted by molar-refractivity contribution is -0.122. The third-order valence-electron chi connectivity index (χ3n) is 4.44. The molecule has 0 spiro atoms. The second-order valence-corrected chi connectivity index (χ2v) is 8.23. The molecular formula is C22H15Cl2NO3S. The average Bonchev–Trinajstić information content (AvgIpc) is 3.26. The Labute approximate surface area is 182 Å². The summed E-state index contributed by atoms with van der Waals surface area (Å²) in [7, 11) is 0. The molecule has 4 nitrogen and oxygen atoms in total. The molecule has 146 valence electrons. The smallest absolute Gasteiger partial charge is 0.293 e. The van der Waals surface area contributed by atoms with Gasteiger partial charge in [-0.1, -0.05) is 53.5 Å². The van der Waals surface area contributed by atoms with E-state index >= 15 is 0 Å². The predicted octanol–water partition coefficient (Wildman–Crippen LogP) is 6.53. The third kappa shape index (κ3) is 4.42. The van der Waals surface area contributed by atoms with E-state index in [1.807, 2.05) is 30.3 Å². The first-order valence-electron chi connectivity index (χ1n) is 8.86. The fourth-order valence-corrected chi connectivity index (χ4v) is 4.32. The molecule has 1 aromatic heterocycles. The predicted molar refractivity (Wildman–Crippen MR) is 117 cm³/mol. The summed E-state index contributed by atoms with van der Waals surface area (Å²) in [6.45, 7) is 0.343. The van der Waals surface area contributed by atoms with Gasteiger partial charge in [-0.25, -0.2) is 0 Å². The Hall–Kier alpha value is -2.47. The molecular weight excluding hydrogens is 429 g/mol. The van der Waals surface area contributed by atoms with Crippen molar-refractivity contribution in [1.29, 1.82) is 0 Å². The molecule has 1 aliphatic rings. The van der Waals surface area contributed by atoms with Gasteiger partial charge in [0.2, 0.25) is 0 Å². The zero-order valence-electron chi connectivity index (χ0n) is 15.1. The summed E-state index contributed by atoms with van der Waals surface area (Å²) in [5.41, 5.74) is 1.78. The van der Waals surface area contributed by atoms with Crippen LogP contribution in [0.4, 0.5) is 4.79 Å². The maximum atomic E-state index is 12.6. The maximum absolute atomic E-state index is 12.6. The summed E-state index contributed by atoms with van der Waals surface area (Å²) in [5, 5.41) is 0.735. The lowest BCUT2D eigenvalue weighted by atomic mass is 10.1. The molecule has 0 atom stereocenters. The van der Waals surface area contributed by atoms with Crippen molar-refractivity contribution in [1.82, 2.24) is 4.90 Å². The number of carbonyl (C=O) groups excluding carboxylic acids is 2. The Morgan fingerprint density at radius 2 is 1.79 bits per heavy atom. The van der Waals surface area contributed by atoms with Crippen molar-refractivity contribution in [3.8, 4) is 11.3 Å². The number of nitrogens with zero attached hydrogens (tertiary/aromatic N) is 1. The molecule has 0 saturated carbocycles. The number of halogens is 2. The van der Waals surface area contributed by atoms with Gasteiger partial charge in [0, 0.05) is 23.2 Å². The van der Waals surface area contributed by atoms with Crippen LogP contribution in [0.1, 0.15) is 11.3 Å². The summed E-state index contributed by atoms with van der Waals surface area (Å²) in [6, 6.07) is 18.4. The molecule has 1 aliphatic heterocycles. The van der Waals surface area contributed by atoms with Crippen LogP contribution in [-0.4, -0.2) is 22.6 Å². The van der Waals surface area contributed by atoms with Crippen LogP contribution in [-0.2, 0) is 11.2 Å². The fourth-order valence-electron chi connectivity index (χ4n) is 2.97. The van der Waals surface area contributed by atoms with Crippen molar-refractivity contribution in [2.24, 2.45) is 0 Å². The van der Waals surface area contributed by atoms with E-state index < -0.39 is 0 Å². The number of rotatable bonds is 5. The highest BCUT2D eigenvalue weighted by molar-refractivity contribution is 8.18. The molecule has 2 aromatic carbocycles. The van der Waals surface area contributed by atoms with Crippen LogP contribution in [0.25, 0.3) is 17.4 Å². The standard InChI is InChI=1S/C22H15Cl2NO3S/c23-15-6-8-17(18(24)12-15)19-9-7-16(28-19)13-20-21(26)25(22(27)29-20)11-10-14-4-2-1-3-5-14/h1-9,12-13H,10-11H2/b20-13-. The van der Waals surface area contributed by atoms with Gasteiger partial charge in [0.25, 0.3) is 11.1 Å². The minimum absolute atomic E-state index is 0.273. The summed E-state index contributed by atoms with van der Waals surface area (Å²) < 4.78 is 5.80. The average molecular weight is 444 g/mol. The number of thioether (sulfide) groups is 1. The van der Waals surface area contributed by atoms with Crippen molar-refractivity contribution < 1.29 is 14.0 Å². The molecule has 0 bridgehead atoms. The summed E-state index contributed by atoms with van der Waals surface area (Å²) in [4.78, 5) is 26.5. The van der Waals surface area contributed by atoms with Crippen LogP contribution >= 0.6 is 35.0 Å². The van der Waals surface area contributed by atoms with E-state index in [4.69, 9.17) is 27.6 Å². The van der Waals surface area contributed by atoms with Crippen LogP contribution in [0.5, 0.6) is 0 Å². The van der Waals surface area contributed by atoms with Crippen LogP contribution < -0.4 is 0 Å². The van der Waals surface area contributed by atoms with E-state index in [0.29, 0.717) is 45.0 Å². The topological polar surface area (TPSA) is 50.5 Å². The molecule has 29 heavy (non-hydrogen) atoms. The van der Waals surface area contributed by atoms with Gasteiger partial charge in [0.1, 0.15) is 11.5 Å². The van der Waals surface area contributed by atoms with Crippen LogP contribution in [0.3, 0.4) is 0 Å². The fraction of sp³-hybridized carbons (Fsp3) is 0.0909. The molecule has 7 heteroatoms.